The first-order chi connectivity index (χ1) is 9.45. The molecule has 114 valence electrons. The monoisotopic (exact) mass is 286 g/mol. The van der Waals surface area contributed by atoms with E-state index in [9.17, 15) is 14.4 Å². The van der Waals surface area contributed by atoms with Crippen molar-refractivity contribution >= 4 is 17.9 Å². The predicted molar refractivity (Wildman–Crippen MR) is 72.1 cm³/mol. The molecule has 0 aromatic heterocycles. The van der Waals surface area contributed by atoms with E-state index in [0.717, 1.165) is 0 Å². The van der Waals surface area contributed by atoms with Crippen molar-refractivity contribution in [1.29, 1.82) is 0 Å². The maximum Gasteiger partial charge on any atom is 0.317 e. The third-order valence-corrected chi connectivity index (χ3v) is 3.19. The van der Waals surface area contributed by atoms with Gasteiger partial charge in [-0.25, -0.2) is 4.79 Å². The number of hydrogen-bond acceptors (Lipinski definition) is 4. The van der Waals surface area contributed by atoms with Gasteiger partial charge in [0.15, 0.2) is 0 Å². The summed E-state index contributed by atoms with van der Waals surface area (Å²) in [6, 6.07) is -0.920. The van der Waals surface area contributed by atoms with E-state index in [1.165, 1.54) is 0 Å². The summed E-state index contributed by atoms with van der Waals surface area (Å²) in [6.07, 6.45) is 0.0104. The average Bonchev–Trinajstić information content (AvgIpc) is 2.44. The highest BCUT2D eigenvalue weighted by atomic mass is 16.4. The second kappa shape index (κ2) is 7.68. The summed E-state index contributed by atoms with van der Waals surface area (Å²) < 4.78 is 0. The normalized spacial score (nSPS) is 16.7. The first kappa shape index (κ1) is 16.2. The Morgan fingerprint density at radius 2 is 1.75 bits per heavy atom. The minimum Gasteiger partial charge on any atom is -0.481 e. The number of carboxylic acids is 1. The van der Waals surface area contributed by atoms with Crippen LogP contribution in [0.1, 0.15) is 19.8 Å². The van der Waals surface area contributed by atoms with E-state index in [4.69, 9.17) is 10.8 Å². The number of amides is 3. The number of urea groups is 1. The number of nitrogens with two attached hydrogens (primary N) is 1. The van der Waals surface area contributed by atoms with E-state index in [-0.39, 0.29) is 24.8 Å². The molecule has 1 atom stereocenters. The maximum absolute atomic E-state index is 12.0. The van der Waals surface area contributed by atoms with Crippen LogP contribution in [0.4, 0.5) is 4.79 Å². The zero-order chi connectivity index (χ0) is 15.1. The standard InChI is InChI=1S/C12H22N4O4/c1-2-14-12(20)16-7-5-15(6-8-16)11(19)9(13)3-4-10(17)18/h9H,2-8,13H2,1H3,(H,14,20)(H,17,18). The minimum absolute atomic E-state index is 0.119. The summed E-state index contributed by atoms with van der Waals surface area (Å²) in [7, 11) is 0. The molecule has 0 spiro atoms. The molecule has 8 heteroatoms. The largest absolute Gasteiger partial charge is 0.481 e. The van der Waals surface area contributed by atoms with Crippen molar-refractivity contribution in [3.63, 3.8) is 0 Å². The lowest BCUT2D eigenvalue weighted by Gasteiger charge is -2.35. The van der Waals surface area contributed by atoms with E-state index in [1.807, 2.05) is 6.92 Å². The number of nitrogens with zero attached hydrogens (tertiary/aromatic N) is 2. The Balaban J connectivity index is 2.38. The van der Waals surface area contributed by atoms with E-state index < -0.39 is 12.0 Å². The smallest absolute Gasteiger partial charge is 0.317 e. The van der Waals surface area contributed by atoms with Gasteiger partial charge in [0, 0.05) is 39.1 Å². The first-order valence-electron chi connectivity index (χ1n) is 6.74. The van der Waals surface area contributed by atoms with Crippen LogP contribution in [-0.2, 0) is 9.59 Å². The number of carboxylic acid groups (broad SMARTS) is 1. The van der Waals surface area contributed by atoms with Gasteiger partial charge in [-0.05, 0) is 13.3 Å². The van der Waals surface area contributed by atoms with Crippen LogP contribution in [0.5, 0.6) is 0 Å². The van der Waals surface area contributed by atoms with Gasteiger partial charge in [-0.3, -0.25) is 9.59 Å². The lowest BCUT2D eigenvalue weighted by atomic mass is 10.1. The summed E-state index contributed by atoms with van der Waals surface area (Å²) in [5.41, 5.74) is 5.69. The summed E-state index contributed by atoms with van der Waals surface area (Å²) in [4.78, 5) is 37.3. The molecule has 0 aromatic rings. The van der Waals surface area contributed by atoms with Crippen molar-refractivity contribution in [3.8, 4) is 0 Å². The van der Waals surface area contributed by atoms with Crippen molar-refractivity contribution in [2.75, 3.05) is 32.7 Å². The molecular weight excluding hydrogens is 264 g/mol. The van der Waals surface area contributed by atoms with E-state index in [2.05, 4.69) is 5.32 Å². The summed E-state index contributed by atoms with van der Waals surface area (Å²) in [5, 5.41) is 11.3. The molecule has 8 nitrogen and oxygen atoms in total. The molecule has 1 heterocycles. The average molecular weight is 286 g/mol. The fourth-order valence-electron chi connectivity index (χ4n) is 2.03. The zero-order valence-corrected chi connectivity index (χ0v) is 11.7. The SMILES string of the molecule is CCNC(=O)N1CCN(C(=O)C(N)CCC(=O)O)CC1. The van der Waals surface area contributed by atoms with Gasteiger partial charge in [-0.15, -0.1) is 0 Å². The number of nitrogens with one attached hydrogen (secondary N) is 1. The molecule has 0 saturated carbocycles. The molecule has 1 aliphatic rings. The van der Waals surface area contributed by atoms with Crippen LogP contribution >= 0.6 is 0 Å². The molecule has 1 aliphatic heterocycles. The van der Waals surface area contributed by atoms with E-state index in [0.29, 0.717) is 32.7 Å². The number of aliphatic carboxylic acids is 1. The Morgan fingerprint density at radius 1 is 1.20 bits per heavy atom. The molecule has 3 amide bonds. The third-order valence-electron chi connectivity index (χ3n) is 3.19. The molecule has 4 N–H and O–H groups in total. The number of carbonyl (C=O) groups excluding carboxylic acids is 2. The molecule has 0 aliphatic carbocycles. The van der Waals surface area contributed by atoms with Crippen molar-refractivity contribution in [2.45, 2.75) is 25.8 Å². The van der Waals surface area contributed by atoms with Gasteiger partial charge >= 0.3 is 12.0 Å². The first-order valence-corrected chi connectivity index (χ1v) is 6.74. The number of carbonyl (C=O) groups is 3. The lowest BCUT2D eigenvalue weighted by molar-refractivity contribution is -0.138. The number of hydrogen-bond donors (Lipinski definition) is 3. The Morgan fingerprint density at radius 3 is 2.25 bits per heavy atom. The van der Waals surface area contributed by atoms with Gasteiger partial charge in [0.2, 0.25) is 5.91 Å². The molecule has 1 rings (SSSR count). The summed E-state index contributed by atoms with van der Waals surface area (Å²) in [6.45, 7) is 4.19. The van der Waals surface area contributed by atoms with Gasteiger partial charge < -0.3 is 26.0 Å². The lowest BCUT2D eigenvalue weighted by Crippen LogP contribution is -2.56. The highest BCUT2D eigenvalue weighted by Crippen LogP contribution is 2.06. The van der Waals surface area contributed by atoms with Crippen molar-refractivity contribution < 1.29 is 19.5 Å². The van der Waals surface area contributed by atoms with E-state index in [1.54, 1.807) is 9.80 Å². The van der Waals surface area contributed by atoms with Crippen molar-refractivity contribution in [3.05, 3.63) is 0 Å². The highest BCUT2D eigenvalue weighted by Gasteiger charge is 2.27. The quantitative estimate of drug-likeness (QED) is 0.602. The molecule has 0 radical (unpaired) electrons. The van der Waals surface area contributed by atoms with Gasteiger partial charge in [0.05, 0.1) is 6.04 Å². The Bertz CT molecular complexity index is 366. The van der Waals surface area contributed by atoms with Crippen LogP contribution in [0.15, 0.2) is 0 Å². The molecular formula is C12H22N4O4. The maximum atomic E-state index is 12.0. The molecule has 1 saturated heterocycles. The third kappa shape index (κ3) is 4.69. The van der Waals surface area contributed by atoms with E-state index >= 15 is 0 Å². The summed E-state index contributed by atoms with van der Waals surface area (Å²) in [5.74, 6) is -1.21. The number of piperazine rings is 1. The molecule has 0 bridgehead atoms. The van der Waals surface area contributed by atoms with Crippen molar-refractivity contribution in [2.24, 2.45) is 5.73 Å². The summed E-state index contributed by atoms with van der Waals surface area (Å²) >= 11 is 0. The highest BCUT2D eigenvalue weighted by molar-refractivity contribution is 5.82. The Hall–Kier alpha value is -1.83. The molecule has 20 heavy (non-hydrogen) atoms. The Labute approximate surface area is 117 Å². The van der Waals surface area contributed by atoms with Crippen LogP contribution in [0.25, 0.3) is 0 Å². The second-order valence-corrected chi connectivity index (χ2v) is 4.69. The predicted octanol–water partition coefficient (Wildman–Crippen LogP) is -0.948. The molecule has 1 unspecified atom stereocenters. The van der Waals surface area contributed by atoms with Gasteiger partial charge in [0.1, 0.15) is 0 Å². The van der Waals surface area contributed by atoms with Crippen LogP contribution in [0.2, 0.25) is 0 Å². The van der Waals surface area contributed by atoms with Gasteiger partial charge in [-0.2, -0.15) is 0 Å². The van der Waals surface area contributed by atoms with Gasteiger partial charge in [0.25, 0.3) is 0 Å². The van der Waals surface area contributed by atoms with Crippen LogP contribution in [0, 0.1) is 0 Å². The van der Waals surface area contributed by atoms with Gasteiger partial charge in [-0.1, -0.05) is 0 Å². The fourth-order valence-corrected chi connectivity index (χ4v) is 2.03. The fraction of sp³-hybridized carbons (Fsp3) is 0.750. The van der Waals surface area contributed by atoms with Crippen LogP contribution in [-0.4, -0.2) is 71.6 Å². The molecule has 0 aromatic carbocycles. The van der Waals surface area contributed by atoms with Crippen LogP contribution < -0.4 is 11.1 Å². The minimum atomic E-state index is -0.964. The Kier molecular flexibility index (Phi) is 6.23. The second-order valence-electron chi connectivity index (χ2n) is 4.69. The molecule has 1 fully saturated rings. The topological polar surface area (TPSA) is 116 Å². The zero-order valence-electron chi connectivity index (χ0n) is 11.7. The number of rotatable bonds is 5. The van der Waals surface area contributed by atoms with Crippen LogP contribution in [0.3, 0.4) is 0 Å². The van der Waals surface area contributed by atoms with Crippen molar-refractivity contribution in [1.82, 2.24) is 15.1 Å².